The van der Waals surface area contributed by atoms with Gasteiger partial charge in [-0.05, 0) is 53.8 Å². The van der Waals surface area contributed by atoms with E-state index in [1.54, 1.807) is 36.4 Å². The Labute approximate surface area is 166 Å². The Morgan fingerprint density at radius 1 is 0.857 bits per heavy atom. The van der Waals surface area contributed by atoms with E-state index >= 15 is 0 Å². The first-order valence-corrected chi connectivity index (χ1v) is 9.46. The van der Waals surface area contributed by atoms with Crippen molar-refractivity contribution in [3.05, 3.63) is 65.2 Å². The molecule has 0 unspecified atom stereocenters. The number of amides is 1. The topological polar surface area (TPSA) is 72.5 Å². The van der Waals surface area contributed by atoms with Crippen molar-refractivity contribution in [1.29, 1.82) is 0 Å². The van der Waals surface area contributed by atoms with Gasteiger partial charge in [0.1, 0.15) is 0 Å². The van der Waals surface area contributed by atoms with Crippen LogP contribution in [-0.2, 0) is 9.53 Å². The van der Waals surface area contributed by atoms with Gasteiger partial charge in [0.05, 0.1) is 5.56 Å². The van der Waals surface area contributed by atoms with Gasteiger partial charge in [0.2, 0.25) is 5.91 Å². The average Bonchev–Trinajstić information content (AvgIpc) is 2.65. The van der Waals surface area contributed by atoms with Crippen LogP contribution < -0.4 is 5.32 Å². The van der Waals surface area contributed by atoms with Gasteiger partial charge in [-0.3, -0.25) is 9.59 Å². The zero-order valence-electron chi connectivity index (χ0n) is 16.8. The second kappa shape index (κ2) is 9.83. The molecular formula is C23H27NO4. The van der Waals surface area contributed by atoms with E-state index in [2.05, 4.69) is 19.2 Å². The number of ether oxygens (including phenoxy) is 1. The number of rotatable bonds is 8. The third kappa shape index (κ3) is 6.34. The van der Waals surface area contributed by atoms with E-state index in [-0.39, 0.29) is 24.2 Å². The second-order valence-corrected chi connectivity index (χ2v) is 7.50. The summed E-state index contributed by atoms with van der Waals surface area (Å²) in [5, 5.41) is 2.79. The number of hydrogen-bond acceptors (Lipinski definition) is 4. The molecular weight excluding hydrogens is 354 g/mol. The van der Waals surface area contributed by atoms with E-state index in [4.69, 9.17) is 4.74 Å². The third-order valence-electron chi connectivity index (χ3n) is 4.23. The van der Waals surface area contributed by atoms with Gasteiger partial charge in [0.25, 0.3) is 0 Å². The molecule has 0 fully saturated rings. The fourth-order valence-corrected chi connectivity index (χ4v) is 2.62. The van der Waals surface area contributed by atoms with E-state index in [0.717, 1.165) is 5.56 Å². The van der Waals surface area contributed by atoms with E-state index in [1.807, 2.05) is 26.0 Å². The molecule has 0 aliphatic heterocycles. The van der Waals surface area contributed by atoms with Crippen LogP contribution in [0.2, 0.25) is 0 Å². The lowest BCUT2D eigenvalue weighted by molar-refractivity contribution is -0.116. The van der Waals surface area contributed by atoms with Crippen LogP contribution in [0.3, 0.4) is 0 Å². The Hall–Kier alpha value is -2.95. The number of nitrogens with one attached hydrogen (secondary N) is 1. The third-order valence-corrected chi connectivity index (χ3v) is 4.23. The van der Waals surface area contributed by atoms with Gasteiger partial charge in [0, 0.05) is 17.7 Å². The SMILES string of the molecule is CC(C)CC(=O)Nc1ccc(C(=O)COC(=O)c2ccc(C(C)C)cc2)cc1. The lowest BCUT2D eigenvalue weighted by atomic mass is 10.0. The summed E-state index contributed by atoms with van der Waals surface area (Å²) in [5.41, 5.74) is 2.60. The number of anilines is 1. The average molecular weight is 381 g/mol. The van der Waals surface area contributed by atoms with E-state index in [1.165, 1.54) is 0 Å². The lowest BCUT2D eigenvalue weighted by Crippen LogP contribution is -2.15. The van der Waals surface area contributed by atoms with Crippen molar-refractivity contribution in [2.24, 2.45) is 5.92 Å². The Bertz CT molecular complexity index is 821. The minimum atomic E-state index is -0.527. The summed E-state index contributed by atoms with van der Waals surface area (Å²) >= 11 is 0. The normalized spacial score (nSPS) is 10.8. The minimum Gasteiger partial charge on any atom is -0.454 e. The molecule has 5 nitrogen and oxygen atoms in total. The number of carbonyl (C=O) groups is 3. The van der Waals surface area contributed by atoms with Gasteiger partial charge in [-0.2, -0.15) is 0 Å². The number of esters is 1. The van der Waals surface area contributed by atoms with Crippen molar-refractivity contribution in [2.45, 2.75) is 40.0 Å². The summed E-state index contributed by atoms with van der Waals surface area (Å²) < 4.78 is 5.12. The Balaban J connectivity index is 1.88. The summed E-state index contributed by atoms with van der Waals surface area (Å²) in [7, 11) is 0. The molecule has 2 aromatic carbocycles. The maximum Gasteiger partial charge on any atom is 0.338 e. The Morgan fingerprint density at radius 2 is 1.43 bits per heavy atom. The molecule has 2 aromatic rings. The van der Waals surface area contributed by atoms with Gasteiger partial charge in [-0.15, -0.1) is 0 Å². The van der Waals surface area contributed by atoms with Crippen molar-refractivity contribution < 1.29 is 19.1 Å². The van der Waals surface area contributed by atoms with Gasteiger partial charge < -0.3 is 10.1 Å². The highest BCUT2D eigenvalue weighted by Gasteiger charge is 2.13. The molecule has 0 saturated heterocycles. The summed E-state index contributed by atoms with van der Waals surface area (Å²) in [4.78, 5) is 36.1. The van der Waals surface area contributed by atoms with Gasteiger partial charge in [0.15, 0.2) is 12.4 Å². The van der Waals surface area contributed by atoms with Crippen LogP contribution >= 0.6 is 0 Å². The summed E-state index contributed by atoms with van der Waals surface area (Å²) in [6.07, 6.45) is 0.439. The predicted molar refractivity (Wildman–Crippen MR) is 110 cm³/mol. The highest BCUT2D eigenvalue weighted by atomic mass is 16.5. The predicted octanol–water partition coefficient (Wildman–Crippen LogP) is 4.83. The summed E-state index contributed by atoms with van der Waals surface area (Å²) in [5.74, 6) is -0.234. The zero-order chi connectivity index (χ0) is 20.7. The largest absolute Gasteiger partial charge is 0.454 e. The van der Waals surface area contributed by atoms with E-state index in [0.29, 0.717) is 29.2 Å². The molecule has 0 spiro atoms. The van der Waals surface area contributed by atoms with Crippen LogP contribution in [0.4, 0.5) is 5.69 Å². The van der Waals surface area contributed by atoms with Crippen LogP contribution in [0.5, 0.6) is 0 Å². The molecule has 2 rings (SSSR count). The molecule has 0 aromatic heterocycles. The van der Waals surface area contributed by atoms with Crippen LogP contribution in [0.15, 0.2) is 48.5 Å². The number of hydrogen-bond donors (Lipinski definition) is 1. The fourth-order valence-electron chi connectivity index (χ4n) is 2.62. The molecule has 0 heterocycles. The van der Waals surface area contributed by atoms with Crippen LogP contribution in [0, 0.1) is 5.92 Å². The molecule has 0 aliphatic carbocycles. The second-order valence-electron chi connectivity index (χ2n) is 7.50. The first-order valence-electron chi connectivity index (χ1n) is 9.46. The first kappa shape index (κ1) is 21.4. The molecule has 28 heavy (non-hydrogen) atoms. The molecule has 148 valence electrons. The summed E-state index contributed by atoms with van der Waals surface area (Å²) in [6.45, 7) is 7.77. The molecule has 1 amide bonds. The number of Topliss-reactive ketones (excluding diaryl/α,β-unsaturated/α-hetero) is 1. The Kier molecular flexibility index (Phi) is 7.50. The van der Waals surface area contributed by atoms with Gasteiger partial charge >= 0.3 is 5.97 Å². The first-order chi connectivity index (χ1) is 13.3. The fraction of sp³-hybridized carbons (Fsp3) is 0.348. The zero-order valence-corrected chi connectivity index (χ0v) is 16.8. The number of carbonyl (C=O) groups excluding carboxylic acids is 3. The standard InChI is InChI=1S/C23H27NO4/c1-15(2)13-22(26)24-20-11-9-18(10-12-20)21(25)14-28-23(27)19-7-5-17(6-8-19)16(3)4/h5-12,15-16H,13-14H2,1-4H3,(H,24,26). The van der Waals surface area contributed by atoms with E-state index in [9.17, 15) is 14.4 Å². The summed E-state index contributed by atoms with van der Waals surface area (Å²) in [6, 6.07) is 13.7. The molecule has 0 saturated carbocycles. The van der Waals surface area contributed by atoms with Crippen molar-refractivity contribution >= 4 is 23.3 Å². The maximum absolute atomic E-state index is 12.2. The minimum absolute atomic E-state index is 0.0634. The van der Waals surface area contributed by atoms with Crippen molar-refractivity contribution in [3.63, 3.8) is 0 Å². The molecule has 1 N–H and O–H groups in total. The van der Waals surface area contributed by atoms with Crippen LogP contribution in [0.1, 0.15) is 66.3 Å². The molecule has 0 aliphatic rings. The highest BCUT2D eigenvalue weighted by molar-refractivity contribution is 6.00. The van der Waals surface area contributed by atoms with Gasteiger partial charge in [-0.1, -0.05) is 39.8 Å². The van der Waals surface area contributed by atoms with Crippen molar-refractivity contribution in [2.75, 3.05) is 11.9 Å². The van der Waals surface area contributed by atoms with E-state index < -0.39 is 5.97 Å². The van der Waals surface area contributed by atoms with Crippen LogP contribution in [-0.4, -0.2) is 24.3 Å². The molecule has 0 radical (unpaired) electrons. The Morgan fingerprint density at radius 3 is 1.96 bits per heavy atom. The highest BCUT2D eigenvalue weighted by Crippen LogP contribution is 2.16. The van der Waals surface area contributed by atoms with Crippen molar-refractivity contribution in [1.82, 2.24) is 0 Å². The molecule has 0 bridgehead atoms. The molecule has 0 atom stereocenters. The van der Waals surface area contributed by atoms with Crippen molar-refractivity contribution in [3.8, 4) is 0 Å². The smallest absolute Gasteiger partial charge is 0.338 e. The van der Waals surface area contributed by atoms with Crippen LogP contribution in [0.25, 0.3) is 0 Å². The van der Waals surface area contributed by atoms with Gasteiger partial charge in [-0.25, -0.2) is 4.79 Å². The number of ketones is 1. The number of benzene rings is 2. The maximum atomic E-state index is 12.2. The molecule has 5 heteroatoms. The monoisotopic (exact) mass is 381 g/mol. The quantitative estimate of drug-likeness (QED) is 0.525. The lowest BCUT2D eigenvalue weighted by Gasteiger charge is -2.09.